The Balaban J connectivity index is 1.36. The summed E-state index contributed by atoms with van der Waals surface area (Å²) in [5, 5.41) is 0. The van der Waals surface area contributed by atoms with E-state index in [4.69, 9.17) is 0 Å². The molecule has 6 heteroatoms. The molecule has 4 aliphatic rings. The summed E-state index contributed by atoms with van der Waals surface area (Å²) in [7, 11) is 0. The predicted octanol–water partition coefficient (Wildman–Crippen LogP) is 3.71. The smallest absolute Gasteiger partial charge is 0.253 e. The van der Waals surface area contributed by atoms with Gasteiger partial charge >= 0.3 is 0 Å². The summed E-state index contributed by atoms with van der Waals surface area (Å²) in [6.45, 7) is 1.40. The molecular weight excluding hydrogens is 450 g/mol. The van der Waals surface area contributed by atoms with E-state index in [1.54, 1.807) is 0 Å². The van der Waals surface area contributed by atoms with Gasteiger partial charge in [0, 0.05) is 17.3 Å². The molecule has 3 fully saturated rings. The fourth-order valence-electron chi connectivity index (χ4n) is 7.24. The Kier molecular flexibility index (Phi) is 4.70. The standard InChI is InChI=1S/C30H27N3O3/c34-27-25-24-16-9-17-33(24)30(26(25)28(35)32(27)19-21-12-5-2-6-13-21)22-14-7-8-15-23(22)31(29(30)36)18-20-10-3-1-4-11-20/h1-8,10-15,24-26H,9,16-19H2. The van der Waals surface area contributed by atoms with Crippen molar-refractivity contribution in [3.05, 3.63) is 102 Å². The number of carbonyl (C=O) groups is 3. The van der Waals surface area contributed by atoms with Gasteiger partial charge in [0.15, 0.2) is 0 Å². The largest absolute Gasteiger partial charge is 0.306 e. The van der Waals surface area contributed by atoms with Crippen molar-refractivity contribution in [1.82, 2.24) is 9.80 Å². The van der Waals surface area contributed by atoms with Gasteiger partial charge in [-0.25, -0.2) is 0 Å². The Hall–Kier alpha value is -3.77. The van der Waals surface area contributed by atoms with Crippen LogP contribution in [-0.2, 0) is 33.0 Å². The Labute approximate surface area is 210 Å². The number of hydrogen-bond acceptors (Lipinski definition) is 4. The number of imide groups is 1. The lowest BCUT2D eigenvalue weighted by atomic mass is 9.75. The van der Waals surface area contributed by atoms with Crippen LogP contribution in [0.5, 0.6) is 0 Å². The van der Waals surface area contributed by atoms with Crippen molar-refractivity contribution in [3.8, 4) is 0 Å². The van der Waals surface area contributed by atoms with Crippen LogP contribution < -0.4 is 4.90 Å². The van der Waals surface area contributed by atoms with E-state index >= 15 is 0 Å². The summed E-state index contributed by atoms with van der Waals surface area (Å²) in [6.07, 6.45) is 1.75. The topological polar surface area (TPSA) is 60.9 Å². The van der Waals surface area contributed by atoms with Gasteiger partial charge in [0.05, 0.1) is 24.9 Å². The first-order valence-electron chi connectivity index (χ1n) is 12.7. The zero-order valence-corrected chi connectivity index (χ0v) is 19.9. The normalized spacial score (nSPS) is 28.8. The van der Waals surface area contributed by atoms with E-state index in [2.05, 4.69) is 4.90 Å². The Morgan fingerprint density at radius 3 is 2.03 bits per heavy atom. The third-order valence-corrected chi connectivity index (χ3v) is 8.60. The molecular formula is C30H27N3O3. The van der Waals surface area contributed by atoms with Crippen LogP contribution >= 0.6 is 0 Å². The number of likely N-dealkylation sites (tertiary alicyclic amines) is 1. The summed E-state index contributed by atoms with van der Waals surface area (Å²) in [6, 6.07) is 27.3. The minimum absolute atomic E-state index is 0.0744. The zero-order valence-electron chi connectivity index (χ0n) is 19.9. The molecule has 1 spiro atoms. The van der Waals surface area contributed by atoms with Gasteiger partial charge in [0.2, 0.25) is 11.8 Å². The average Bonchev–Trinajstić information content (AvgIpc) is 3.61. The number of amides is 3. The quantitative estimate of drug-likeness (QED) is 0.538. The average molecular weight is 478 g/mol. The molecule has 0 N–H and O–H groups in total. The number of hydrogen-bond donors (Lipinski definition) is 0. The van der Waals surface area contributed by atoms with Gasteiger partial charge in [-0.2, -0.15) is 0 Å². The first kappa shape index (κ1) is 21.5. The monoisotopic (exact) mass is 477 g/mol. The van der Waals surface area contributed by atoms with Gasteiger partial charge in [-0.05, 0) is 36.6 Å². The van der Waals surface area contributed by atoms with Gasteiger partial charge < -0.3 is 4.90 Å². The highest BCUT2D eigenvalue weighted by Gasteiger charge is 2.75. The molecule has 7 rings (SSSR count). The minimum Gasteiger partial charge on any atom is -0.306 e. The highest BCUT2D eigenvalue weighted by molar-refractivity contribution is 6.16. The fourth-order valence-corrected chi connectivity index (χ4v) is 7.24. The van der Waals surface area contributed by atoms with Crippen molar-refractivity contribution < 1.29 is 14.4 Å². The minimum atomic E-state index is -1.13. The van der Waals surface area contributed by atoms with Crippen molar-refractivity contribution in [1.29, 1.82) is 0 Å². The maximum absolute atomic E-state index is 14.6. The Bertz CT molecular complexity index is 1370. The second-order valence-electron chi connectivity index (χ2n) is 10.3. The molecule has 4 atom stereocenters. The molecule has 4 heterocycles. The highest BCUT2D eigenvalue weighted by Crippen LogP contribution is 2.61. The van der Waals surface area contributed by atoms with Crippen LogP contribution in [-0.4, -0.2) is 40.1 Å². The number of nitrogens with zero attached hydrogens (tertiary/aromatic N) is 3. The number of rotatable bonds is 4. The molecule has 180 valence electrons. The Morgan fingerprint density at radius 2 is 1.33 bits per heavy atom. The van der Waals surface area contributed by atoms with Crippen LogP contribution in [0.4, 0.5) is 5.69 Å². The van der Waals surface area contributed by atoms with Crippen molar-refractivity contribution >= 4 is 23.4 Å². The van der Waals surface area contributed by atoms with Crippen molar-refractivity contribution in [3.63, 3.8) is 0 Å². The number of carbonyl (C=O) groups excluding carboxylic acids is 3. The molecule has 0 bridgehead atoms. The molecule has 0 aromatic heterocycles. The van der Waals surface area contributed by atoms with E-state index in [9.17, 15) is 14.4 Å². The van der Waals surface area contributed by atoms with Gasteiger partial charge in [0.1, 0.15) is 5.54 Å². The van der Waals surface area contributed by atoms with E-state index < -0.39 is 17.4 Å². The van der Waals surface area contributed by atoms with E-state index in [1.165, 1.54) is 4.90 Å². The lowest BCUT2D eigenvalue weighted by Crippen LogP contribution is -2.55. The number of benzene rings is 3. The summed E-state index contributed by atoms with van der Waals surface area (Å²) in [4.78, 5) is 48.0. The SMILES string of the molecule is O=C1C2C3CCCN3C3(C(=O)N(Cc4ccccc4)c4ccccc43)C2C(=O)N1Cc1ccccc1. The third-order valence-electron chi connectivity index (χ3n) is 8.60. The first-order chi connectivity index (χ1) is 17.6. The zero-order chi connectivity index (χ0) is 24.4. The summed E-state index contributed by atoms with van der Waals surface area (Å²) < 4.78 is 0. The molecule has 3 saturated heterocycles. The van der Waals surface area contributed by atoms with Crippen molar-refractivity contribution in [2.24, 2.45) is 11.8 Å². The molecule has 4 aliphatic heterocycles. The fraction of sp³-hybridized carbons (Fsp3) is 0.300. The lowest BCUT2D eigenvalue weighted by Gasteiger charge is -2.37. The molecule has 6 nitrogen and oxygen atoms in total. The van der Waals surface area contributed by atoms with Gasteiger partial charge in [-0.1, -0.05) is 78.9 Å². The molecule has 3 aromatic carbocycles. The van der Waals surface area contributed by atoms with Crippen LogP contribution in [0.3, 0.4) is 0 Å². The van der Waals surface area contributed by atoms with E-state index in [1.807, 2.05) is 89.8 Å². The van der Waals surface area contributed by atoms with E-state index in [0.717, 1.165) is 41.8 Å². The van der Waals surface area contributed by atoms with Crippen LogP contribution in [0, 0.1) is 11.8 Å². The Morgan fingerprint density at radius 1 is 0.722 bits per heavy atom. The maximum Gasteiger partial charge on any atom is 0.253 e. The molecule has 0 saturated carbocycles. The highest BCUT2D eigenvalue weighted by atomic mass is 16.2. The van der Waals surface area contributed by atoms with Crippen molar-refractivity contribution in [2.75, 3.05) is 11.4 Å². The number of fused-ring (bicyclic) bond motifs is 7. The molecule has 3 amide bonds. The first-order valence-corrected chi connectivity index (χ1v) is 12.7. The van der Waals surface area contributed by atoms with E-state index in [0.29, 0.717) is 6.54 Å². The summed E-state index contributed by atoms with van der Waals surface area (Å²) in [5.41, 5.74) is 2.53. The molecule has 0 radical (unpaired) electrons. The van der Waals surface area contributed by atoms with Gasteiger partial charge in [-0.3, -0.25) is 24.2 Å². The van der Waals surface area contributed by atoms with Crippen LogP contribution in [0.25, 0.3) is 0 Å². The van der Waals surface area contributed by atoms with Crippen LogP contribution in [0.15, 0.2) is 84.9 Å². The molecule has 4 unspecified atom stereocenters. The molecule has 0 aliphatic carbocycles. The van der Waals surface area contributed by atoms with E-state index in [-0.39, 0.29) is 30.3 Å². The maximum atomic E-state index is 14.6. The van der Waals surface area contributed by atoms with Gasteiger partial charge in [0.25, 0.3) is 5.91 Å². The van der Waals surface area contributed by atoms with Gasteiger partial charge in [-0.15, -0.1) is 0 Å². The van der Waals surface area contributed by atoms with Crippen LogP contribution in [0.2, 0.25) is 0 Å². The third kappa shape index (κ3) is 2.73. The number of anilines is 1. The number of para-hydroxylation sites is 1. The molecule has 36 heavy (non-hydrogen) atoms. The van der Waals surface area contributed by atoms with Crippen LogP contribution in [0.1, 0.15) is 29.5 Å². The summed E-state index contributed by atoms with van der Waals surface area (Å²) >= 11 is 0. The molecule has 3 aromatic rings. The summed E-state index contributed by atoms with van der Waals surface area (Å²) in [5.74, 6) is -1.61. The predicted molar refractivity (Wildman–Crippen MR) is 134 cm³/mol. The lowest BCUT2D eigenvalue weighted by molar-refractivity contribution is -0.146. The second kappa shape index (κ2) is 7.87. The van der Waals surface area contributed by atoms with Crippen molar-refractivity contribution in [2.45, 2.75) is 37.5 Å². The second-order valence-corrected chi connectivity index (χ2v) is 10.3.